The number of rotatable bonds is 16. The molecule has 0 saturated heterocycles. The van der Waals surface area contributed by atoms with Gasteiger partial charge in [-0.1, -0.05) is 108 Å². The summed E-state index contributed by atoms with van der Waals surface area (Å²) in [7, 11) is -4.55. The van der Waals surface area contributed by atoms with Crippen molar-refractivity contribution in [1.82, 2.24) is 0 Å². The van der Waals surface area contributed by atoms with E-state index >= 15 is 0 Å². The maximum absolute atomic E-state index is 12.1. The average molecular weight is 485 g/mol. The number of hydrogen-bond donors (Lipinski definition) is 1. The first-order chi connectivity index (χ1) is 15.4. The molecule has 0 bridgehead atoms. The van der Waals surface area contributed by atoms with Crippen LogP contribution < -0.4 is 39.4 Å². The van der Waals surface area contributed by atoms with Crippen molar-refractivity contribution in [1.29, 1.82) is 0 Å². The maximum Gasteiger partial charge on any atom is 1.00 e. The molecule has 0 aliphatic heterocycles. The second-order valence-electron chi connectivity index (χ2n) is 8.45. The maximum atomic E-state index is 12.1. The van der Waals surface area contributed by atoms with E-state index in [2.05, 4.69) is 6.92 Å². The average Bonchev–Trinajstić information content (AvgIpc) is 2.75. The Morgan fingerprint density at radius 2 is 1.36 bits per heavy atom. The smallest absolute Gasteiger partial charge is 0.870 e. The molecule has 0 aliphatic carbocycles. The monoisotopic (exact) mass is 484 g/mol. The second-order valence-corrected chi connectivity index (χ2v) is 9.84. The van der Waals surface area contributed by atoms with E-state index in [-0.39, 0.29) is 35.3 Å². The third-order valence-electron chi connectivity index (χ3n) is 5.66. The molecule has 0 saturated carbocycles. The number of aryl methyl sites for hydroxylation is 1. The van der Waals surface area contributed by atoms with Crippen molar-refractivity contribution >= 4 is 10.1 Å². The summed E-state index contributed by atoms with van der Waals surface area (Å²) in [6, 6.07) is 11.0. The molecule has 0 heterocycles. The van der Waals surface area contributed by atoms with Crippen LogP contribution in [0.25, 0.3) is 0 Å². The minimum absolute atomic E-state index is 0. The number of ether oxygens (including phenoxy) is 1. The zero-order valence-corrected chi connectivity index (χ0v) is 23.0. The summed E-state index contributed by atoms with van der Waals surface area (Å²) in [5.74, 6) is -0.585. The molecule has 0 aromatic heterocycles. The second kappa shape index (κ2) is 16.6. The van der Waals surface area contributed by atoms with E-state index in [9.17, 15) is 18.1 Å². The first-order valence-electron chi connectivity index (χ1n) is 12.0. The molecule has 33 heavy (non-hydrogen) atoms. The van der Waals surface area contributed by atoms with Crippen LogP contribution in [0, 0.1) is 0 Å². The van der Waals surface area contributed by atoms with Gasteiger partial charge < -0.3 is 9.84 Å². The molecule has 0 fully saturated rings. The summed E-state index contributed by atoms with van der Waals surface area (Å²) in [4.78, 5) is -0.517. The summed E-state index contributed by atoms with van der Waals surface area (Å²) in [5.41, 5.74) is 1.08. The molecule has 2 aromatic rings. The van der Waals surface area contributed by atoms with Gasteiger partial charge in [0.15, 0.2) is 0 Å². The van der Waals surface area contributed by atoms with Crippen molar-refractivity contribution in [3.05, 3.63) is 48.0 Å². The van der Waals surface area contributed by atoms with E-state index in [1.165, 1.54) is 82.8 Å². The van der Waals surface area contributed by atoms with Crippen LogP contribution in [0.1, 0.15) is 89.5 Å². The van der Waals surface area contributed by atoms with Crippen LogP contribution in [0.5, 0.6) is 17.2 Å². The fraction of sp³-hybridized carbons (Fsp3) is 0.538. The third kappa shape index (κ3) is 11.8. The summed E-state index contributed by atoms with van der Waals surface area (Å²) in [6.45, 7) is 2.25. The van der Waals surface area contributed by atoms with Gasteiger partial charge in [0.25, 0.3) is 10.1 Å². The van der Waals surface area contributed by atoms with Crippen LogP contribution in [-0.4, -0.2) is 13.0 Å². The first-order valence-corrected chi connectivity index (χ1v) is 13.4. The zero-order valence-electron chi connectivity index (χ0n) is 20.2. The normalized spacial score (nSPS) is 11.2. The van der Waals surface area contributed by atoms with Crippen LogP contribution in [-0.2, 0) is 16.5 Å². The minimum Gasteiger partial charge on any atom is -0.870 e. The molecular weight excluding hydrogens is 447 g/mol. The van der Waals surface area contributed by atoms with Gasteiger partial charge in [0.2, 0.25) is 0 Å². The number of unbranched alkanes of at least 4 members (excludes halogenated alkanes) is 11. The van der Waals surface area contributed by atoms with Gasteiger partial charge >= 0.3 is 29.6 Å². The Bertz CT molecular complexity index is 915. The topological polar surface area (TPSA) is 86.7 Å². The van der Waals surface area contributed by atoms with Gasteiger partial charge in [-0.3, -0.25) is 4.55 Å². The van der Waals surface area contributed by atoms with Gasteiger partial charge in [-0.05, 0) is 36.6 Å². The summed E-state index contributed by atoms with van der Waals surface area (Å²) < 4.78 is 38.0. The molecule has 5 nitrogen and oxygen atoms in total. The third-order valence-corrected chi connectivity index (χ3v) is 6.54. The molecule has 0 spiro atoms. The Morgan fingerprint density at radius 3 is 1.94 bits per heavy atom. The van der Waals surface area contributed by atoms with Gasteiger partial charge in [-0.15, -0.1) is 0 Å². The zero-order chi connectivity index (χ0) is 23.2. The summed E-state index contributed by atoms with van der Waals surface area (Å²) in [6.07, 6.45) is 16.5. The molecule has 0 unspecified atom stereocenters. The molecule has 2 aromatic carbocycles. The first kappa shape index (κ1) is 30.0. The molecule has 178 valence electrons. The van der Waals surface area contributed by atoms with Crippen molar-refractivity contribution in [2.45, 2.75) is 95.3 Å². The van der Waals surface area contributed by atoms with Gasteiger partial charge in [-0.25, -0.2) is 0 Å². The van der Waals surface area contributed by atoms with E-state index in [0.717, 1.165) is 24.5 Å². The molecule has 0 amide bonds. The van der Waals surface area contributed by atoms with Gasteiger partial charge in [0.1, 0.15) is 16.4 Å². The number of benzene rings is 2. The number of para-hydroxylation sites is 1. The molecule has 0 radical (unpaired) electrons. The molecular formula is C26H37NaO5S. The van der Waals surface area contributed by atoms with E-state index in [1.807, 2.05) is 18.2 Å². The Balaban J connectivity index is 0.00000544. The minimum atomic E-state index is -4.55. The molecule has 1 N–H and O–H groups in total. The van der Waals surface area contributed by atoms with Crippen LogP contribution in [0.15, 0.2) is 47.4 Å². The predicted octanol–water partition coefficient (Wildman–Crippen LogP) is 4.05. The Hall–Kier alpha value is -1.05. The largest absolute Gasteiger partial charge is 1.00 e. The van der Waals surface area contributed by atoms with Crippen molar-refractivity contribution < 1.29 is 52.4 Å². The van der Waals surface area contributed by atoms with Gasteiger partial charge in [0, 0.05) is 0 Å². The number of hydrogen-bond acceptors (Lipinski definition) is 4. The van der Waals surface area contributed by atoms with Crippen molar-refractivity contribution in [2.24, 2.45) is 0 Å². The fourth-order valence-corrected chi connectivity index (χ4v) is 4.48. The van der Waals surface area contributed by atoms with Crippen molar-refractivity contribution in [2.75, 3.05) is 0 Å². The molecule has 2 rings (SSSR count). The fourth-order valence-electron chi connectivity index (χ4n) is 3.85. The molecule has 7 heteroatoms. The van der Waals surface area contributed by atoms with Crippen LogP contribution in [0.2, 0.25) is 0 Å². The van der Waals surface area contributed by atoms with Gasteiger partial charge in [-0.2, -0.15) is 8.42 Å². The molecule has 0 atom stereocenters. The van der Waals surface area contributed by atoms with Gasteiger partial charge in [0.05, 0.1) is 0 Å². The Labute approximate surface area is 222 Å². The van der Waals surface area contributed by atoms with Crippen molar-refractivity contribution in [3.63, 3.8) is 0 Å². The quantitative estimate of drug-likeness (QED) is 0.221. The van der Waals surface area contributed by atoms with E-state index in [0.29, 0.717) is 5.75 Å². The standard InChI is InChI=1S/C26H38O5S.Na/c1-2-3-4-5-6-7-8-9-10-11-12-13-16-22-17-14-18-23(21-22)31-26-24(27)19-15-20-25(26)32(28,29)30;/h14-15,17-21,27H,2-13,16H2,1H3,(H,28,29,30);/q;+1/p-1. The summed E-state index contributed by atoms with van der Waals surface area (Å²) in [5, 5.41) is 12.1. The SMILES string of the molecule is CCCCCCCCCCCCCCc1cccc(Oc2c([O-])cccc2S(=O)(=O)O)c1.[Na+]. The van der Waals surface area contributed by atoms with Crippen LogP contribution in [0.4, 0.5) is 0 Å². The summed E-state index contributed by atoms with van der Waals surface area (Å²) >= 11 is 0. The van der Waals surface area contributed by atoms with Crippen LogP contribution in [0.3, 0.4) is 0 Å². The molecule has 0 aliphatic rings. The Morgan fingerprint density at radius 1 is 0.818 bits per heavy atom. The van der Waals surface area contributed by atoms with E-state index < -0.39 is 20.8 Å². The van der Waals surface area contributed by atoms with E-state index in [4.69, 9.17) is 4.74 Å². The Kier molecular flexibility index (Phi) is 15.0. The predicted molar refractivity (Wildman–Crippen MR) is 127 cm³/mol. The van der Waals surface area contributed by atoms with Crippen molar-refractivity contribution in [3.8, 4) is 17.2 Å². The van der Waals surface area contributed by atoms with Crippen LogP contribution >= 0.6 is 0 Å². The van der Waals surface area contributed by atoms with E-state index in [1.54, 1.807) is 6.07 Å².